The molecule has 118 valence electrons. The van der Waals surface area contributed by atoms with Crippen LogP contribution >= 0.6 is 0 Å². The molecule has 4 nitrogen and oxygen atoms in total. The van der Waals surface area contributed by atoms with E-state index in [0.29, 0.717) is 5.41 Å². The first-order chi connectivity index (χ1) is 9.81. The fourth-order valence-corrected chi connectivity index (χ4v) is 3.34. The van der Waals surface area contributed by atoms with Crippen molar-refractivity contribution in [1.82, 2.24) is 9.78 Å². The lowest BCUT2D eigenvalue weighted by Crippen LogP contribution is -2.31. The van der Waals surface area contributed by atoms with Crippen molar-refractivity contribution < 1.29 is 4.79 Å². The maximum absolute atomic E-state index is 12.4. The van der Waals surface area contributed by atoms with E-state index in [1.54, 1.807) is 0 Å². The van der Waals surface area contributed by atoms with E-state index in [0.717, 1.165) is 49.7 Å². The Morgan fingerprint density at radius 2 is 1.95 bits per heavy atom. The third-order valence-electron chi connectivity index (χ3n) is 4.78. The van der Waals surface area contributed by atoms with Crippen LogP contribution in [0.2, 0.25) is 0 Å². The van der Waals surface area contributed by atoms with Crippen LogP contribution in [0, 0.1) is 24.2 Å². The number of hydrogen-bond acceptors (Lipinski definition) is 2. The summed E-state index contributed by atoms with van der Waals surface area (Å²) in [5.74, 6) is 1.89. The molecule has 0 aliphatic heterocycles. The Kier molecular flexibility index (Phi) is 4.74. The average Bonchev–Trinajstić information content (AvgIpc) is 2.78. The Morgan fingerprint density at radius 3 is 2.48 bits per heavy atom. The predicted octanol–water partition coefficient (Wildman–Crippen LogP) is 4.00. The molecule has 0 radical (unpaired) electrons. The lowest BCUT2D eigenvalue weighted by molar-refractivity contribution is -0.121. The minimum atomic E-state index is 0.157. The standard InChI is InChI=1S/C17H29N3O/c1-6-20-15(11-12(2)19-20)18-16(21)13-7-9-14(10-8-13)17(3,4)5/h11,13-14H,6-10H2,1-5H3,(H,18,21). The highest BCUT2D eigenvalue weighted by Gasteiger charge is 2.32. The van der Waals surface area contributed by atoms with Crippen LogP contribution in [0.4, 0.5) is 5.82 Å². The van der Waals surface area contributed by atoms with Gasteiger partial charge >= 0.3 is 0 Å². The van der Waals surface area contributed by atoms with Gasteiger partial charge in [-0.3, -0.25) is 4.79 Å². The summed E-state index contributed by atoms with van der Waals surface area (Å²) in [6.45, 7) is 11.7. The van der Waals surface area contributed by atoms with Gasteiger partial charge in [0.2, 0.25) is 5.91 Å². The molecule has 0 aromatic carbocycles. The number of anilines is 1. The maximum Gasteiger partial charge on any atom is 0.228 e. The molecule has 0 atom stereocenters. The van der Waals surface area contributed by atoms with Crippen LogP contribution in [0.3, 0.4) is 0 Å². The first-order valence-electron chi connectivity index (χ1n) is 8.16. The Labute approximate surface area is 128 Å². The average molecular weight is 291 g/mol. The summed E-state index contributed by atoms with van der Waals surface area (Å²) in [6.07, 6.45) is 4.33. The van der Waals surface area contributed by atoms with Crippen molar-refractivity contribution in [2.75, 3.05) is 5.32 Å². The lowest BCUT2D eigenvalue weighted by atomic mass is 9.70. The van der Waals surface area contributed by atoms with Crippen molar-refractivity contribution in [3.63, 3.8) is 0 Å². The van der Waals surface area contributed by atoms with Crippen molar-refractivity contribution in [2.24, 2.45) is 17.3 Å². The first-order valence-corrected chi connectivity index (χ1v) is 8.16. The van der Waals surface area contributed by atoms with Gasteiger partial charge in [-0.1, -0.05) is 20.8 Å². The smallest absolute Gasteiger partial charge is 0.228 e. The van der Waals surface area contributed by atoms with E-state index in [1.165, 1.54) is 0 Å². The second-order valence-corrected chi connectivity index (χ2v) is 7.39. The molecule has 1 saturated carbocycles. The van der Waals surface area contributed by atoms with Crippen LogP contribution < -0.4 is 5.32 Å². The Morgan fingerprint density at radius 1 is 1.33 bits per heavy atom. The molecule has 1 amide bonds. The van der Waals surface area contributed by atoms with Crippen molar-refractivity contribution in [2.45, 2.75) is 66.8 Å². The summed E-state index contributed by atoms with van der Waals surface area (Å²) in [5, 5.41) is 7.44. The molecule has 0 spiro atoms. The minimum Gasteiger partial charge on any atom is -0.311 e. The molecular weight excluding hydrogens is 262 g/mol. The molecule has 0 unspecified atom stereocenters. The molecule has 1 aromatic heterocycles. The van der Waals surface area contributed by atoms with Crippen LogP contribution in [0.5, 0.6) is 0 Å². The van der Waals surface area contributed by atoms with Gasteiger partial charge < -0.3 is 5.32 Å². The van der Waals surface area contributed by atoms with E-state index >= 15 is 0 Å². The van der Waals surface area contributed by atoms with Crippen LogP contribution in [0.1, 0.15) is 59.1 Å². The summed E-state index contributed by atoms with van der Waals surface area (Å²) < 4.78 is 1.86. The number of nitrogens with one attached hydrogen (secondary N) is 1. The molecule has 21 heavy (non-hydrogen) atoms. The fourth-order valence-electron chi connectivity index (χ4n) is 3.34. The van der Waals surface area contributed by atoms with Gasteiger partial charge in [-0.15, -0.1) is 0 Å². The lowest BCUT2D eigenvalue weighted by Gasteiger charge is -2.36. The van der Waals surface area contributed by atoms with Crippen LogP contribution in [0.25, 0.3) is 0 Å². The van der Waals surface area contributed by atoms with Crippen LogP contribution in [-0.2, 0) is 11.3 Å². The maximum atomic E-state index is 12.4. The van der Waals surface area contributed by atoms with Gasteiger partial charge in [0.15, 0.2) is 0 Å². The molecule has 1 aliphatic carbocycles. The molecule has 2 rings (SSSR count). The van der Waals surface area contributed by atoms with E-state index in [2.05, 4.69) is 31.2 Å². The van der Waals surface area contributed by atoms with E-state index in [4.69, 9.17) is 0 Å². The topological polar surface area (TPSA) is 46.9 Å². The number of aromatic nitrogens is 2. The zero-order valence-corrected chi connectivity index (χ0v) is 14.1. The van der Waals surface area contributed by atoms with Crippen molar-refractivity contribution in [3.05, 3.63) is 11.8 Å². The Hall–Kier alpha value is -1.32. The SMILES string of the molecule is CCn1nc(C)cc1NC(=O)C1CCC(C(C)(C)C)CC1. The highest BCUT2D eigenvalue weighted by atomic mass is 16.2. The van der Waals surface area contributed by atoms with E-state index in [9.17, 15) is 4.79 Å². The largest absolute Gasteiger partial charge is 0.311 e. The zero-order valence-electron chi connectivity index (χ0n) is 14.1. The highest BCUT2D eigenvalue weighted by Crippen LogP contribution is 2.40. The third kappa shape index (κ3) is 3.86. The molecule has 1 N–H and O–H groups in total. The zero-order chi connectivity index (χ0) is 15.6. The Balaban J connectivity index is 1.93. The summed E-state index contributed by atoms with van der Waals surface area (Å²) in [6, 6.07) is 1.95. The summed E-state index contributed by atoms with van der Waals surface area (Å²) >= 11 is 0. The van der Waals surface area contributed by atoms with E-state index < -0.39 is 0 Å². The monoisotopic (exact) mass is 291 g/mol. The Bertz CT molecular complexity index is 491. The van der Waals surface area contributed by atoms with Crippen molar-refractivity contribution in [1.29, 1.82) is 0 Å². The summed E-state index contributed by atoms with van der Waals surface area (Å²) in [7, 11) is 0. The molecule has 1 fully saturated rings. The minimum absolute atomic E-state index is 0.157. The van der Waals surface area contributed by atoms with Gasteiger partial charge in [-0.05, 0) is 50.9 Å². The van der Waals surface area contributed by atoms with Gasteiger partial charge in [0.1, 0.15) is 5.82 Å². The number of aryl methyl sites for hydroxylation is 2. The summed E-state index contributed by atoms with van der Waals surface area (Å²) in [5.41, 5.74) is 1.31. The second-order valence-electron chi connectivity index (χ2n) is 7.39. The number of amides is 1. The van der Waals surface area contributed by atoms with Crippen molar-refractivity contribution in [3.8, 4) is 0 Å². The van der Waals surface area contributed by atoms with Gasteiger partial charge in [-0.2, -0.15) is 5.10 Å². The predicted molar refractivity (Wildman–Crippen MR) is 86.2 cm³/mol. The normalized spacial score (nSPS) is 23.1. The molecule has 0 bridgehead atoms. The van der Waals surface area contributed by atoms with E-state index in [-0.39, 0.29) is 11.8 Å². The summed E-state index contributed by atoms with van der Waals surface area (Å²) in [4.78, 5) is 12.4. The fraction of sp³-hybridized carbons (Fsp3) is 0.765. The molecule has 0 saturated heterocycles. The number of rotatable bonds is 3. The van der Waals surface area contributed by atoms with Gasteiger partial charge in [0.25, 0.3) is 0 Å². The van der Waals surface area contributed by atoms with Crippen LogP contribution in [0.15, 0.2) is 6.07 Å². The molecular formula is C17H29N3O. The van der Waals surface area contributed by atoms with Crippen LogP contribution in [-0.4, -0.2) is 15.7 Å². The third-order valence-corrected chi connectivity index (χ3v) is 4.78. The number of carbonyl (C=O) groups is 1. The number of nitrogens with zero attached hydrogens (tertiary/aromatic N) is 2. The van der Waals surface area contributed by atoms with Gasteiger partial charge in [0.05, 0.1) is 5.69 Å². The van der Waals surface area contributed by atoms with Gasteiger partial charge in [-0.25, -0.2) is 4.68 Å². The first kappa shape index (κ1) is 16.1. The van der Waals surface area contributed by atoms with Crippen molar-refractivity contribution >= 4 is 11.7 Å². The molecule has 1 heterocycles. The van der Waals surface area contributed by atoms with Gasteiger partial charge in [0, 0.05) is 18.5 Å². The van der Waals surface area contributed by atoms with E-state index in [1.807, 2.05) is 24.6 Å². The quantitative estimate of drug-likeness (QED) is 0.915. The second kappa shape index (κ2) is 6.20. The molecule has 1 aliphatic rings. The molecule has 1 aromatic rings. The highest BCUT2D eigenvalue weighted by molar-refractivity contribution is 5.91. The molecule has 4 heteroatoms. The number of carbonyl (C=O) groups excluding carboxylic acids is 1. The number of hydrogen-bond donors (Lipinski definition) is 1.